The van der Waals surface area contributed by atoms with Gasteiger partial charge in [0.05, 0.1) is 16.9 Å². The van der Waals surface area contributed by atoms with E-state index in [1.54, 1.807) is 24.3 Å². The van der Waals surface area contributed by atoms with Gasteiger partial charge in [0, 0.05) is 10.4 Å². The van der Waals surface area contributed by atoms with E-state index < -0.39 is 0 Å². The fraction of sp³-hybridized carbons (Fsp3) is 0.421. The van der Waals surface area contributed by atoms with Crippen molar-refractivity contribution in [1.82, 2.24) is 9.13 Å². The summed E-state index contributed by atoms with van der Waals surface area (Å²) in [5.41, 5.74) is 0.501. The van der Waals surface area contributed by atoms with Gasteiger partial charge >= 0.3 is 5.69 Å². The fourth-order valence-electron chi connectivity index (χ4n) is 4.29. The molecule has 2 aromatic rings. The van der Waals surface area contributed by atoms with E-state index in [9.17, 15) is 9.90 Å². The van der Waals surface area contributed by atoms with Gasteiger partial charge in [0.1, 0.15) is 0 Å². The van der Waals surface area contributed by atoms with Gasteiger partial charge in [-0.3, -0.25) is 4.57 Å². The van der Waals surface area contributed by atoms with Crippen LogP contribution in [0.1, 0.15) is 39.3 Å². The van der Waals surface area contributed by atoms with E-state index in [2.05, 4.69) is 32.9 Å². The van der Waals surface area contributed by atoms with Crippen molar-refractivity contribution in [3.05, 3.63) is 57.6 Å². The highest BCUT2D eigenvalue weighted by Crippen LogP contribution is 2.53. The van der Waals surface area contributed by atoms with E-state index in [0.717, 1.165) is 18.5 Å². The molecule has 1 aromatic heterocycles. The first kappa shape index (κ1) is 15.6. The van der Waals surface area contributed by atoms with Gasteiger partial charge in [0.15, 0.2) is 0 Å². The molecule has 5 rings (SSSR count). The van der Waals surface area contributed by atoms with Crippen molar-refractivity contribution >= 4 is 11.6 Å². The molecule has 0 amide bonds. The van der Waals surface area contributed by atoms with Crippen molar-refractivity contribution in [2.24, 2.45) is 5.92 Å². The summed E-state index contributed by atoms with van der Waals surface area (Å²) < 4.78 is 3.23. The van der Waals surface area contributed by atoms with Gasteiger partial charge in [-0.2, -0.15) is 0 Å². The number of aromatic nitrogens is 2. The third kappa shape index (κ3) is 1.78. The monoisotopic (exact) mass is 344 g/mol. The number of allylic oxidation sites excluding steroid dienone is 2. The summed E-state index contributed by atoms with van der Waals surface area (Å²) in [7, 11) is 0. The summed E-state index contributed by atoms with van der Waals surface area (Å²) in [6.45, 7) is 6.35. The summed E-state index contributed by atoms with van der Waals surface area (Å²) in [5, 5.41) is 11.5. The Morgan fingerprint density at radius 2 is 1.83 bits per heavy atom. The molecule has 4 nitrogen and oxygen atoms in total. The van der Waals surface area contributed by atoms with Crippen molar-refractivity contribution in [2.45, 2.75) is 44.6 Å². The highest BCUT2D eigenvalue weighted by atomic mass is 35.5. The number of halogens is 1. The molecule has 5 heteroatoms. The Bertz CT molecular complexity index is 907. The second-order valence-electron chi connectivity index (χ2n) is 7.50. The molecule has 126 valence electrons. The summed E-state index contributed by atoms with van der Waals surface area (Å²) in [6, 6.07) is 6.97. The molecule has 2 unspecified atom stereocenters. The maximum Gasteiger partial charge on any atom is 0.336 e. The van der Waals surface area contributed by atoms with Crippen LogP contribution in [0.3, 0.4) is 0 Å². The lowest BCUT2D eigenvalue weighted by atomic mass is 9.64. The van der Waals surface area contributed by atoms with Crippen LogP contribution in [-0.2, 0) is 11.0 Å². The number of rotatable bonds is 2. The summed E-state index contributed by atoms with van der Waals surface area (Å²) in [4.78, 5) is 13.3. The van der Waals surface area contributed by atoms with Crippen LogP contribution in [-0.4, -0.2) is 14.2 Å². The van der Waals surface area contributed by atoms with Crippen LogP contribution in [0, 0.1) is 5.92 Å². The van der Waals surface area contributed by atoms with Crippen LogP contribution in [0.5, 0.6) is 5.88 Å². The van der Waals surface area contributed by atoms with Crippen molar-refractivity contribution in [1.29, 1.82) is 0 Å². The minimum atomic E-state index is -0.362. The maximum absolute atomic E-state index is 13.3. The Hall–Kier alpha value is -1.94. The molecular formula is C19H21ClN2O2. The van der Waals surface area contributed by atoms with Gasteiger partial charge in [-0.1, -0.05) is 44.5 Å². The van der Waals surface area contributed by atoms with E-state index in [1.165, 1.54) is 4.57 Å². The number of aromatic hydroxyl groups is 1. The van der Waals surface area contributed by atoms with E-state index in [0.29, 0.717) is 10.7 Å². The normalized spacial score (nSPS) is 27.7. The number of nitrogens with zero attached hydrogens (tertiary/aromatic N) is 2. The van der Waals surface area contributed by atoms with Crippen LogP contribution in [0.25, 0.3) is 5.69 Å². The molecule has 0 fully saturated rings. The molecule has 1 aromatic carbocycles. The first-order valence-corrected chi connectivity index (χ1v) is 8.72. The van der Waals surface area contributed by atoms with Gasteiger partial charge in [-0.15, -0.1) is 0 Å². The van der Waals surface area contributed by atoms with Crippen LogP contribution in [0.4, 0.5) is 0 Å². The highest BCUT2D eigenvalue weighted by Gasteiger charge is 2.52. The zero-order valence-electron chi connectivity index (χ0n) is 14.1. The topological polar surface area (TPSA) is 47.2 Å². The average molecular weight is 345 g/mol. The van der Waals surface area contributed by atoms with Crippen LogP contribution in [0.2, 0.25) is 5.02 Å². The summed E-state index contributed by atoms with van der Waals surface area (Å²) in [6.07, 6.45) is 6.17. The molecule has 0 spiro atoms. The number of hydrogen-bond donors (Lipinski definition) is 1. The number of fused-ring (bicyclic) bond motifs is 1. The molecule has 3 heterocycles. The molecule has 3 aliphatic rings. The Morgan fingerprint density at radius 1 is 1.17 bits per heavy atom. The van der Waals surface area contributed by atoms with Crippen molar-refractivity contribution < 1.29 is 5.11 Å². The summed E-state index contributed by atoms with van der Waals surface area (Å²) >= 11 is 5.96. The van der Waals surface area contributed by atoms with Gasteiger partial charge in [0.25, 0.3) is 0 Å². The van der Waals surface area contributed by atoms with E-state index in [-0.39, 0.29) is 28.4 Å². The molecule has 0 radical (unpaired) electrons. The SMILES string of the molecule is CC(C)C12C=CC(C)(CC1)c1c(O)n(-c3ccc(Cl)cc3)c(=O)n12. The predicted octanol–water partition coefficient (Wildman–Crippen LogP) is 3.97. The second-order valence-corrected chi connectivity index (χ2v) is 7.94. The molecule has 0 saturated carbocycles. The largest absolute Gasteiger partial charge is 0.493 e. The first-order chi connectivity index (χ1) is 11.3. The minimum Gasteiger partial charge on any atom is -0.493 e. The van der Waals surface area contributed by atoms with E-state index in [4.69, 9.17) is 11.6 Å². The number of benzene rings is 1. The van der Waals surface area contributed by atoms with Gasteiger partial charge in [-0.25, -0.2) is 9.36 Å². The Balaban J connectivity index is 2.05. The lowest BCUT2D eigenvalue weighted by Gasteiger charge is -2.50. The van der Waals surface area contributed by atoms with E-state index >= 15 is 0 Å². The minimum absolute atomic E-state index is 0.0406. The van der Waals surface area contributed by atoms with Crippen LogP contribution < -0.4 is 5.69 Å². The molecule has 2 bridgehead atoms. The first-order valence-electron chi connectivity index (χ1n) is 8.34. The Kier molecular flexibility index (Phi) is 3.11. The molecule has 1 aliphatic carbocycles. The lowest BCUT2D eigenvalue weighted by Crippen LogP contribution is -2.53. The zero-order chi connectivity index (χ0) is 17.3. The van der Waals surface area contributed by atoms with Gasteiger partial charge in [0.2, 0.25) is 5.88 Å². The van der Waals surface area contributed by atoms with Gasteiger partial charge < -0.3 is 5.11 Å². The number of hydrogen-bond acceptors (Lipinski definition) is 2. The predicted molar refractivity (Wildman–Crippen MR) is 95.2 cm³/mol. The Morgan fingerprint density at radius 3 is 2.38 bits per heavy atom. The smallest absolute Gasteiger partial charge is 0.336 e. The fourth-order valence-corrected chi connectivity index (χ4v) is 4.42. The van der Waals surface area contributed by atoms with E-state index in [1.807, 2.05) is 4.57 Å². The molecule has 0 saturated heterocycles. The molecular weight excluding hydrogens is 324 g/mol. The Labute approximate surface area is 146 Å². The molecule has 2 atom stereocenters. The van der Waals surface area contributed by atoms with Crippen molar-refractivity contribution in [3.8, 4) is 11.6 Å². The van der Waals surface area contributed by atoms with Crippen molar-refractivity contribution in [2.75, 3.05) is 0 Å². The summed E-state index contributed by atoms with van der Waals surface area (Å²) in [5.74, 6) is 0.300. The quantitative estimate of drug-likeness (QED) is 0.838. The highest BCUT2D eigenvalue weighted by molar-refractivity contribution is 6.30. The molecule has 24 heavy (non-hydrogen) atoms. The second kappa shape index (κ2) is 4.79. The molecule has 1 N–H and O–H groups in total. The third-order valence-corrected chi connectivity index (χ3v) is 6.11. The van der Waals surface area contributed by atoms with Crippen LogP contribution in [0.15, 0.2) is 41.2 Å². The standard InChI is InChI=1S/C19H21ClN2O2/c1-12(2)19-10-8-18(3,9-11-19)15-16(23)21(17(24)22(15)19)14-6-4-13(20)5-7-14/h4-8,10,12,23H,9,11H2,1-3H3. The average Bonchev–Trinajstić information content (AvgIpc) is 2.83. The zero-order valence-corrected chi connectivity index (χ0v) is 14.8. The molecule has 2 aliphatic heterocycles. The lowest BCUT2D eigenvalue weighted by molar-refractivity contribution is 0.155. The third-order valence-electron chi connectivity index (χ3n) is 5.86. The van der Waals surface area contributed by atoms with Crippen LogP contribution >= 0.6 is 11.6 Å². The number of imidazole rings is 1. The van der Waals surface area contributed by atoms with Gasteiger partial charge in [-0.05, 0) is 43.0 Å². The van der Waals surface area contributed by atoms with Crippen molar-refractivity contribution in [3.63, 3.8) is 0 Å². The maximum atomic E-state index is 13.3.